The van der Waals surface area contributed by atoms with Crippen molar-refractivity contribution < 1.29 is 13.2 Å². The average molecular weight is 377 g/mol. The fourth-order valence-corrected chi connectivity index (χ4v) is 2.97. The van der Waals surface area contributed by atoms with Crippen molar-refractivity contribution in [3.63, 3.8) is 0 Å². The number of rotatable bonds is 4. The van der Waals surface area contributed by atoms with Gasteiger partial charge in [0.05, 0.1) is 5.56 Å². The summed E-state index contributed by atoms with van der Waals surface area (Å²) in [5, 5.41) is 3.59. The molecule has 0 saturated heterocycles. The van der Waals surface area contributed by atoms with Gasteiger partial charge in [0, 0.05) is 22.1 Å². The summed E-state index contributed by atoms with van der Waals surface area (Å²) in [6.45, 7) is 0.669. The van der Waals surface area contributed by atoms with Crippen molar-refractivity contribution in [2.75, 3.05) is 7.05 Å². The zero-order chi connectivity index (χ0) is 15.5. The van der Waals surface area contributed by atoms with E-state index in [4.69, 9.17) is 0 Å². The van der Waals surface area contributed by atoms with Crippen LogP contribution in [0.1, 0.15) is 11.1 Å². The molecule has 0 aliphatic rings. The molecule has 2 aromatic rings. The van der Waals surface area contributed by atoms with Gasteiger partial charge in [0.15, 0.2) is 0 Å². The van der Waals surface area contributed by atoms with Crippen molar-refractivity contribution >= 4 is 27.7 Å². The van der Waals surface area contributed by atoms with Crippen molar-refractivity contribution in [2.45, 2.75) is 22.6 Å². The minimum Gasteiger partial charge on any atom is -0.316 e. The Labute approximate surface area is 133 Å². The molecule has 112 valence electrons. The predicted molar refractivity (Wildman–Crippen MR) is 80.3 cm³/mol. The van der Waals surface area contributed by atoms with Gasteiger partial charge in [-0.1, -0.05) is 27.7 Å². The number of aromatic nitrogens is 1. The number of nitrogens with zero attached hydrogens (tertiary/aromatic N) is 1. The van der Waals surface area contributed by atoms with Crippen LogP contribution in [0.15, 0.2) is 50.9 Å². The van der Waals surface area contributed by atoms with Crippen LogP contribution in [0, 0.1) is 0 Å². The van der Waals surface area contributed by atoms with Gasteiger partial charge >= 0.3 is 6.18 Å². The molecule has 2 nitrogen and oxygen atoms in total. The molecule has 0 amide bonds. The fraction of sp³-hybridized carbons (Fsp3) is 0.214. The number of alkyl halides is 3. The van der Waals surface area contributed by atoms with E-state index in [-0.39, 0.29) is 0 Å². The zero-order valence-electron chi connectivity index (χ0n) is 11.0. The van der Waals surface area contributed by atoms with E-state index < -0.39 is 11.7 Å². The minimum absolute atomic E-state index is 0.530. The average Bonchev–Trinajstić information content (AvgIpc) is 2.42. The monoisotopic (exact) mass is 376 g/mol. The van der Waals surface area contributed by atoms with E-state index in [2.05, 4.69) is 26.2 Å². The Morgan fingerprint density at radius 1 is 1.24 bits per heavy atom. The first-order valence-electron chi connectivity index (χ1n) is 6.04. The molecule has 1 aromatic heterocycles. The molecule has 7 heteroatoms. The summed E-state index contributed by atoms with van der Waals surface area (Å²) in [4.78, 5) is 4.83. The summed E-state index contributed by atoms with van der Waals surface area (Å²) in [7, 11) is 1.84. The van der Waals surface area contributed by atoms with Gasteiger partial charge in [-0.05, 0) is 42.9 Å². The Morgan fingerprint density at radius 2 is 2.00 bits per heavy atom. The van der Waals surface area contributed by atoms with Gasteiger partial charge in [-0.3, -0.25) is 0 Å². The molecule has 1 heterocycles. The van der Waals surface area contributed by atoms with Crippen LogP contribution in [0.25, 0.3) is 0 Å². The van der Waals surface area contributed by atoms with E-state index in [0.29, 0.717) is 11.6 Å². The third-order valence-corrected chi connectivity index (χ3v) is 4.23. The highest BCUT2D eigenvalue weighted by Crippen LogP contribution is 2.33. The first kappa shape index (κ1) is 16.3. The van der Waals surface area contributed by atoms with E-state index in [1.165, 1.54) is 17.8 Å². The van der Waals surface area contributed by atoms with E-state index in [1.807, 2.05) is 25.2 Å². The Morgan fingerprint density at radius 3 is 2.57 bits per heavy atom. The van der Waals surface area contributed by atoms with E-state index in [9.17, 15) is 13.2 Å². The van der Waals surface area contributed by atoms with Crippen LogP contribution in [-0.4, -0.2) is 12.0 Å². The quantitative estimate of drug-likeness (QED) is 0.834. The molecular formula is C14H12BrF3N2S. The maximum atomic E-state index is 12.5. The number of nitrogens with one attached hydrogen (secondary N) is 1. The summed E-state index contributed by atoms with van der Waals surface area (Å²) >= 11 is 4.75. The third kappa shape index (κ3) is 4.46. The number of pyridine rings is 1. The van der Waals surface area contributed by atoms with Crippen LogP contribution in [0.4, 0.5) is 13.2 Å². The molecule has 0 aliphatic heterocycles. The van der Waals surface area contributed by atoms with Crippen molar-refractivity contribution in [1.82, 2.24) is 10.3 Å². The Balaban J connectivity index is 2.22. The second-order valence-electron chi connectivity index (χ2n) is 4.27. The first-order valence-corrected chi connectivity index (χ1v) is 7.65. The highest BCUT2D eigenvalue weighted by molar-refractivity contribution is 9.10. The standard InChI is InChI=1S/C14H12BrF3N2S/c1-19-7-9-6-11(15)3-4-12(9)21-13-5-2-10(8-20-13)14(16,17)18/h2-6,8,19H,7H2,1H3. The summed E-state index contributed by atoms with van der Waals surface area (Å²) in [5.41, 5.74) is 0.316. The normalized spacial score (nSPS) is 11.7. The molecule has 0 aliphatic carbocycles. The SMILES string of the molecule is CNCc1cc(Br)ccc1Sc1ccc(C(F)(F)F)cn1. The molecule has 0 spiro atoms. The van der Waals surface area contributed by atoms with Gasteiger partial charge in [-0.25, -0.2) is 4.98 Å². The van der Waals surface area contributed by atoms with Gasteiger partial charge in [-0.2, -0.15) is 13.2 Å². The summed E-state index contributed by atoms with van der Waals surface area (Å²) < 4.78 is 38.4. The maximum Gasteiger partial charge on any atom is 0.417 e. The van der Waals surface area contributed by atoms with E-state index >= 15 is 0 Å². The molecule has 0 saturated carbocycles. The molecule has 0 radical (unpaired) electrons. The molecule has 0 atom stereocenters. The fourth-order valence-electron chi connectivity index (χ4n) is 1.70. The summed E-state index contributed by atoms with van der Waals surface area (Å²) in [6.07, 6.45) is -3.50. The van der Waals surface area contributed by atoms with E-state index in [1.54, 1.807) is 0 Å². The molecular weight excluding hydrogens is 365 g/mol. The molecule has 1 N–H and O–H groups in total. The second-order valence-corrected chi connectivity index (χ2v) is 6.25. The largest absolute Gasteiger partial charge is 0.417 e. The maximum absolute atomic E-state index is 12.5. The number of hydrogen-bond acceptors (Lipinski definition) is 3. The lowest BCUT2D eigenvalue weighted by Crippen LogP contribution is -2.06. The molecule has 0 unspecified atom stereocenters. The Bertz CT molecular complexity index is 615. The third-order valence-electron chi connectivity index (χ3n) is 2.67. The highest BCUT2D eigenvalue weighted by Gasteiger charge is 2.30. The van der Waals surface area contributed by atoms with Crippen molar-refractivity contribution in [1.29, 1.82) is 0 Å². The zero-order valence-corrected chi connectivity index (χ0v) is 13.4. The predicted octanol–water partition coefficient (Wildman–Crippen LogP) is 4.73. The number of hydrogen-bond donors (Lipinski definition) is 1. The lowest BCUT2D eigenvalue weighted by molar-refractivity contribution is -0.137. The van der Waals surface area contributed by atoms with Gasteiger partial charge in [0.2, 0.25) is 0 Å². The number of benzene rings is 1. The lowest BCUT2D eigenvalue weighted by Gasteiger charge is -2.10. The van der Waals surface area contributed by atoms with Crippen molar-refractivity contribution in [3.05, 3.63) is 52.1 Å². The van der Waals surface area contributed by atoms with Gasteiger partial charge in [-0.15, -0.1) is 0 Å². The van der Waals surface area contributed by atoms with E-state index in [0.717, 1.165) is 27.2 Å². The molecule has 21 heavy (non-hydrogen) atoms. The molecule has 1 aromatic carbocycles. The van der Waals surface area contributed by atoms with Crippen molar-refractivity contribution in [2.24, 2.45) is 0 Å². The Kier molecular flexibility index (Phi) is 5.29. The smallest absolute Gasteiger partial charge is 0.316 e. The van der Waals surface area contributed by atoms with Gasteiger partial charge in [0.1, 0.15) is 5.03 Å². The second kappa shape index (κ2) is 6.81. The molecule has 0 bridgehead atoms. The van der Waals surface area contributed by atoms with Gasteiger partial charge in [0.25, 0.3) is 0 Å². The first-order chi connectivity index (χ1) is 9.90. The minimum atomic E-state index is -4.36. The summed E-state index contributed by atoms with van der Waals surface area (Å²) in [5.74, 6) is 0. The number of halogens is 4. The summed E-state index contributed by atoms with van der Waals surface area (Å²) in [6, 6.07) is 8.22. The van der Waals surface area contributed by atoms with Crippen LogP contribution in [0.2, 0.25) is 0 Å². The molecule has 0 fully saturated rings. The van der Waals surface area contributed by atoms with Crippen LogP contribution in [-0.2, 0) is 12.7 Å². The lowest BCUT2D eigenvalue weighted by atomic mass is 10.2. The highest BCUT2D eigenvalue weighted by atomic mass is 79.9. The topological polar surface area (TPSA) is 24.9 Å². The van der Waals surface area contributed by atoms with Crippen LogP contribution in [0.3, 0.4) is 0 Å². The van der Waals surface area contributed by atoms with Crippen LogP contribution < -0.4 is 5.32 Å². The van der Waals surface area contributed by atoms with Crippen LogP contribution >= 0.6 is 27.7 Å². The van der Waals surface area contributed by atoms with Crippen molar-refractivity contribution in [3.8, 4) is 0 Å². The van der Waals surface area contributed by atoms with Gasteiger partial charge < -0.3 is 5.32 Å². The van der Waals surface area contributed by atoms with Crippen LogP contribution in [0.5, 0.6) is 0 Å². The Hall–Kier alpha value is -1.05. The molecule has 2 rings (SSSR count).